The van der Waals surface area contributed by atoms with Crippen molar-refractivity contribution >= 4 is 17.7 Å². The monoisotopic (exact) mass is 300 g/mol. The van der Waals surface area contributed by atoms with Crippen LogP contribution in [0.2, 0.25) is 0 Å². The third-order valence-electron chi connectivity index (χ3n) is 3.01. The van der Waals surface area contributed by atoms with Crippen molar-refractivity contribution in [2.45, 2.75) is 12.8 Å². The molecule has 1 amide bonds. The molecule has 0 bridgehead atoms. The molecule has 0 atom stereocenters. The highest BCUT2D eigenvalue weighted by atomic mass is 16.6. The second-order valence-corrected chi connectivity index (χ2v) is 4.66. The quantitative estimate of drug-likeness (QED) is 0.369. The van der Waals surface area contributed by atoms with E-state index in [1.807, 2.05) is 12.1 Å². The summed E-state index contributed by atoms with van der Waals surface area (Å²) in [4.78, 5) is 21.7. The molecule has 0 spiro atoms. The number of non-ortho nitro benzene ring substituents is 1. The molecule has 0 aliphatic heterocycles. The first-order valence-corrected chi connectivity index (χ1v) is 6.88. The molecule has 0 fully saturated rings. The summed E-state index contributed by atoms with van der Waals surface area (Å²) in [6, 6.07) is 9.73. The van der Waals surface area contributed by atoms with Crippen molar-refractivity contribution in [3.63, 3.8) is 0 Å². The van der Waals surface area contributed by atoms with Gasteiger partial charge in [-0.1, -0.05) is 0 Å². The number of furan rings is 1. The Labute approximate surface area is 127 Å². The molecule has 0 radical (unpaired) electrons. The highest BCUT2D eigenvalue weighted by molar-refractivity contribution is 5.91. The largest absolute Gasteiger partial charge is 0.469 e. The molecule has 6 heteroatoms. The molecule has 1 aromatic heterocycles. The average Bonchev–Trinajstić information content (AvgIpc) is 3.03. The Morgan fingerprint density at radius 3 is 2.68 bits per heavy atom. The third-order valence-corrected chi connectivity index (χ3v) is 3.01. The number of nitro groups is 1. The molecular weight excluding hydrogens is 284 g/mol. The predicted octanol–water partition coefficient (Wildman–Crippen LogP) is 2.95. The Kier molecular flexibility index (Phi) is 5.48. The first kappa shape index (κ1) is 15.5. The first-order chi connectivity index (χ1) is 10.6. The smallest absolute Gasteiger partial charge is 0.269 e. The van der Waals surface area contributed by atoms with Gasteiger partial charge in [0, 0.05) is 31.2 Å². The summed E-state index contributed by atoms with van der Waals surface area (Å²) in [5.74, 6) is 0.702. The molecular formula is C16H16N2O4. The van der Waals surface area contributed by atoms with Gasteiger partial charge >= 0.3 is 0 Å². The Morgan fingerprint density at radius 2 is 2.05 bits per heavy atom. The molecule has 0 unspecified atom stereocenters. The zero-order valence-electron chi connectivity index (χ0n) is 11.9. The van der Waals surface area contributed by atoms with Crippen LogP contribution in [0, 0.1) is 10.1 Å². The Balaban J connectivity index is 1.72. The number of hydrogen-bond acceptors (Lipinski definition) is 4. The fourth-order valence-corrected chi connectivity index (χ4v) is 1.87. The maximum atomic E-state index is 11.6. The number of benzene rings is 1. The molecule has 114 valence electrons. The van der Waals surface area contributed by atoms with E-state index in [1.165, 1.54) is 18.2 Å². The first-order valence-electron chi connectivity index (χ1n) is 6.88. The summed E-state index contributed by atoms with van der Waals surface area (Å²) in [6.45, 7) is 0.560. The lowest BCUT2D eigenvalue weighted by Gasteiger charge is -2.00. The van der Waals surface area contributed by atoms with Crippen molar-refractivity contribution in [3.8, 4) is 0 Å². The van der Waals surface area contributed by atoms with Crippen molar-refractivity contribution in [3.05, 3.63) is 70.2 Å². The van der Waals surface area contributed by atoms with Crippen molar-refractivity contribution < 1.29 is 14.1 Å². The Morgan fingerprint density at radius 1 is 1.27 bits per heavy atom. The fraction of sp³-hybridized carbons (Fsp3) is 0.188. The van der Waals surface area contributed by atoms with E-state index in [9.17, 15) is 14.9 Å². The number of nitrogens with zero attached hydrogens (tertiary/aromatic N) is 1. The van der Waals surface area contributed by atoms with E-state index < -0.39 is 4.92 Å². The summed E-state index contributed by atoms with van der Waals surface area (Å²) in [7, 11) is 0. The molecule has 0 aliphatic carbocycles. The SMILES string of the molecule is O=C(/C=C/c1ccc([N+](=O)[O-])cc1)NCCCc1ccco1. The standard InChI is InChI=1S/C16H16N2O4/c19-16(17-11-1-3-15-4-2-12-22-15)10-7-13-5-8-14(9-6-13)18(20)21/h2,4-10,12H,1,3,11H2,(H,17,19)/b10-7+. The van der Waals surface area contributed by atoms with Gasteiger partial charge in [-0.3, -0.25) is 14.9 Å². The van der Waals surface area contributed by atoms with Crippen LogP contribution in [0.1, 0.15) is 17.7 Å². The van der Waals surface area contributed by atoms with Crippen LogP contribution < -0.4 is 5.32 Å². The van der Waals surface area contributed by atoms with Crippen LogP contribution in [0.3, 0.4) is 0 Å². The molecule has 22 heavy (non-hydrogen) atoms. The molecule has 1 N–H and O–H groups in total. The maximum absolute atomic E-state index is 11.6. The second kappa shape index (κ2) is 7.78. The number of aryl methyl sites for hydroxylation is 1. The van der Waals surface area contributed by atoms with Gasteiger partial charge in [0.05, 0.1) is 11.2 Å². The van der Waals surface area contributed by atoms with Crippen molar-refractivity contribution in [1.29, 1.82) is 0 Å². The summed E-state index contributed by atoms with van der Waals surface area (Å²) in [5, 5.41) is 13.3. The number of hydrogen-bond donors (Lipinski definition) is 1. The molecule has 1 aromatic carbocycles. The van der Waals surface area contributed by atoms with Gasteiger partial charge in [0.1, 0.15) is 5.76 Å². The fourth-order valence-electron chi connectivity index (χ4n) is 1.87. The van der Waals surface area contributed by atoms with Crippen LogP contribution in [0.5, 0.6) is 0 Å². The van der Waals surface area contributed by atoms with Gasteiger partial charge in [-0.05, 0) is 42.3 Å². The summed E-state index contributed by atoms with van der Waals surface area (Å²) < 4.78 is 5.20. The van der Waals surface area contributed by atoms with Gasteiger partial charge < -0.3 is 9.73 Å². The maximum Gasteiger partial charge on any atom is 0.269 e. The minimum Gasteiger partial charge on any atom is -0.469 e. The molecule has 1 heterocycles. The van der Waals surface area contributed by atoms with Crippen LogP contribution in [0.15, 0.2) is 53.2 Å². The van der Waals surface area contributed by atoms with Crippen molar-refractivity contribution in [1.82, 2.24) is 5.32 Å². The third kappa shape index (κ3) is 4.90. The lowest BCUT2D eigenvalue weighted by atomic mass is 10.2. The van der Waals surface area contributed by atoms with Crippen LogP contribution in [0.4, 0.5) is 5.69 Å². The molecule has 0 saturated heterocycles. The topological polar surface area (TPSA) is 85.4 Å². The Hall–Kier alpha value is -2.89. The number of amides is 1. The van der Waals surface area contributed by atoms with Crippen LogP contribution in [-0.2, 0) is 11.2 Å². The number of rotatable bonds is 7. The summed E-state index contributed by atoms with van der Waals surface area (Å²) in [5.41, 5.74) is 0.760. The zero-order valence-corrected chi connectivity index (χ0v) is 11.9. The minimum absolute atomic E-state index is 0.0273. The van der Waals surface area contributed by atoms with E-state index in [2.05, 4.69) is 5.32 Å². The normalized spacial score (nSPS) is 10.7. The average molecular weight is 300 g/mol. The van der Waals surface area contributed by atoms with E-state index in [0.29, 0.717) is 6.54 Å². The van der Waals surface area contributed by atoms with Crippen molar-refractivity contribution in [2.24, 2.45) is 0 Å². The van der Waals surface area contributed by atoms with E-state index in [1.54, 1.807) is 24.5 Å². The van der Waals surface area contributed by atoms with Gasteiger partial charge in [0.15, 0.2) is 0 Å². The number of nitrogens with one attached hydrogen (secondary N) is 1. The van der Waals surface area contributed by atoms with Gasteiger partial charge in [0.2, 0.25) is 5.91 Å². The molecule has 0 saturated carbocycles. The van der Waals surface area contributed by atoms with Crippen LogP contribution in [-0.4, -0.2) is 17.4 Å². The lowest BCUT2D eigenvalue weighted by Crippen LogP contribution is -2.22. The second-order valence-electron chi connectivity index (χ2n) is 4.66. The number of nitro benzene ring substituents is 1. The van der Waals surface area contributed by atoms with Gasteiger partial charge in [-0.25, -0.2) is 0 Å². The summed E-state index contributed by atoms with van der Waals surface area (Å²) >= 11 is 0. The van der Waals surface area contributed by atoms with Crippen molar-refractivity contribution in [2.75, 3.05) is 6.54 Å². The molecule has 6 nitrogen and oxygen atoms in total. The highest BCUT2D eigenvalue weighted by Gasteiger charge is 2.02. The highest BCUT2D eigenvalue weighted by Crippen LogP contribution is 2.12. The minimum atomic E-state index is -0.459. The van der Waals surface area contributed by atoms with E-state index in [0.717, 1.165) is 24.2 Å². The van der Waals surface area contributed by atoms with E-state index in [4.69, 9.17) is 4.42 Å². The molecule has 0 aliphatic rings. The van der Waals surface area contributed by atoms with Gasteiger partial charge in [0.25, 0.3) is 5.69 Å². The molecule has 2 aromatic rings. The number of carbonyl (C=O) groups is 1. The van der Waals surface area contributed by atoms with Gasteiger partial charge in [-0.15, -0.1) is 0 Å². The Bertz CT molecular complexity index is 645. The summed E-state index contributed by atoms with van der Waals surface area (Å²) in [6.07, 6.45) is 6.23. The predicted molar refractivity (Wildman–Crippen MR) is 82.2 cm³/mol. The van der Waals surface area contributed by atoms with E-state index in [-0.39, 0.29) is 11.6 Å². The lowest BCUT2D eigenvalue weighted by molar-refractivity contribution is -0.384. The van der Waals surface area contributed by atoms with Crippen LogP contribution in [0.25, 0.3) is 6.08 Å². The van der Waals surface area contributed by atoms with Gasteiger partial charge in [-0.2, -0.15) is 0 Å². The van der Waals surface area contributed by atoms with Crippen LogP contribution >= 0.6 is 0 Å². The number of carbonyl (C=O) groups excluding carboxylic acids is 1. The zero-order chi connectivity index (χ0) is 15.8. The van der Waals surface area contributed by atoms with E-state index >= 15 is 0 Å². The molecule has 2 rings (SSSR count).